The number of aliphatic hydroxyl groups is 1. The minimum absolute atomic E-state index is 0.0412. The predicted octanol–water partition coefficient (Wildman–Crippen LogP) is 2.21. The van der Waals surface area contributed by atoms with Gasteiger partial charge in [-0.25, -0.2) is 13.1 Å². The molecule has 1 aliphatic rings. The average Bonchev–Trinajstić information content (AvgIpc) is 2.71. The zero-order chi connectivity index (χ0) is 20.4. The van der Waals surface area contributed by atoms with Gasteiger partial charge in [0.1, 0.15) is 11.4 Å². The summed E-state index contributed by atoms with van der Waals surface area (Å²) in [6, 6.07) is 9.83. The number of rotatable bonds is 7. The number of fused-ring (bicyclic) bond motifs is 1. The summed E-state index contributed by atoms with van der Waals surface area (Å²) < 4.78 is 43.6. The number of hydrogen-bond acceptors (Lipinski definition) is 6. The Morgan fingerprint density at radius 3 is 2.46 bits per heavy atom. The van der Waals surface area contributed by atoms with Crippen molar-refractivity contribution in [3.63, 3.8) is 0 Å². The van der Waals surface area contributed by atoms with Crippen molar-refractivity contribution in [1.29, 1.82) is 0 Å². The van der Waals surface area contributed by atoms with Crippen LogP contribution >= 0.6 is 0 Å². The molecule has 0 spiro atoms. The SMILES string of the molecule is COc1ccc2c(c1)CCC[C@]2(O)CNS(=O)(=O)c1ccc(OC)c(OC)c1. The van der Waals surface area contributed by atoms with E-state index in [9.17, 15) is 13.5 Å². The van der Waals surface area contributed by atoms with Crippen molar-refractivity contribution < 1.29 is 27.7 Å². The second kappa shape index (κ2) is 7.98. The molecular formula is C20H25NO6S. The van der Waals surface area contributed by atoms with Gasteiger partial charge in [0.15, 0.2) is 11.5 Å². The number of methoxy groups -OCH3 is 3. The van der Waals surface area contributed by atoms with E-state index < -0.39 is 15.6 Å². The van der Waals surface area contributed by atoms with Crippen molar-refractivity contribution in [2.75, 3.05) is 27.9 Å². The lowest BCUT2D eigenvalue weighted by Crippen LogP contribution is -2.42. The Balaban J connectivity index is 1.84. The number of aryl methyl sites for hydroxylation is 1. The van der Waals surface area contributed by atoms with Crippen LogP contribution in [-0.2, 0) is 22.0 Å². The van der Waals surface area contributed by atoms with Crippen molar-refractivity contribution >= 4 is 10.0 Å². The molecular weight excluding hydrogens is 382 g/mol. The van der Waals surface area contributed by atoms with Crippen molar-refractivity contribution in [1.82, 2.24) is 4.72 Å². The van der Waals surface area contributed by atoms with E-state index in [4.69, 9.17) is 14.2 Å². The summed E-state index contributed by atoms with van der Waals surface area (Å²) in [6.07, 6.45) is 2.05. The number of sulfonamides is 1. The highest BCUT2D eigenvalue weighted by atomic mass is 32.2. The van der Waals surface area contributed by atoms with Gasteiger partial charge in [-0.3, -0.25) is 0 Å². The Hall–Kier alpha value is -2.29. The molecule has 0 aliphatic heterocycles. The molecule has 0 amide bonds. The van der Waals surface area contributed by atoms with Crippen LogP contribution in [0.25, 0.3) is 0 Å². The van der Waals surface area contributed by atoms with Gasteiger partial charge in [-0.2, -0.15) is 0 Å². The molecule has 0 fully saturated rings. The van der Waals surface area contributed by atoms with Crippen molar-refractivity contribution in [2.24, 2.45) is 0 Å². The van der Waals surface area contributed by atoms with E-state index >= 15 is 0 Å². The molecule has 0 saturated carbocycles. The minimum Gasteiger partial charge on any atom is -0.497 e. The first-order valence-corrected chi connectivity index (χ1v) is 10.4. The second-order valence-electron chi connectivity index (χ2n) is 6.75. The summed E-state index contributed by atoms with van der Waals surface area (Å²) in [5, 5.41) is 11.2. The summed E-state index contributed by atoms with van der Waals surface area (Å²) in [6.45, 7) is -0.122. The molecule has 152 valence electrons. The topological polar surface area (TPSA) is 94.1 Å². The highest BCUT2D eigenvalue weighted by Gasteiger charge is 2.36. The number of benzene rings is 2. The molecule has 0 radical (unpaired) electrons. The molecule has 28 heavy (non-hydrogen) atoms. The molecule has 0 saturated heterocycles. The molecule has 1 aliphatic carbocycles. The van der Waals surface area contributed by atoms with Crippen LogP contribution in [-0.4, -0.2) is 41.4 Å². The monoisotopic (exact) mass is 407 g/mol. The Labute approximate surface area is 165 Å². The van der Waals surface area contributed by atoms with Gasteiger partial charge in [0, 0.05) is 12.6 Å². The number of ether oxygens (including phenoxy) is 3. The van der Waals surface area contributed by atoms with E-state index in [-0.39, 0.29) is 11.4 Å². The first-order chi connectivity index (χ1) is 13.3. The van der Waals surface area contributed by atoms with Gasteiger partial charge in [-0.15, -0.1) is 0 Å². The summed E-state index contributed by atoms with van der Waals surface area (Å²) in [7, 11) is 0.674. The molecule has 8 heteroatoms. The van der Waals surface area contributed by atoms with E-state index in [1.807, 2.05) is 6.07 Å². The average molecular weight is 407 g/mol. The van der Waals surface area contributed by atoms with E-state index in [1.165, 1.54) is 32.4 Å². The summed E-state index contributed by atoms with van der Waals surface area (Å²) in [4.78, 5) is 0.0412. The maximum atomic E-state index is 12.8. The highest BCUT2D eigenvalue weighted by Crippen LogP contribution is 2.37. The second-order valence-corrected chi connectivity index (χ2v) is 8.52. The molecule has 1 atom stereocenters. The third kappa shape index (κ3) is 3.94. The molecule has 0 heterocycles. The fourth-order valence-electron chi connectivity index (χ4n) is 3.53. The Morgan fingerprint density at radius 2 is 1.79 bits per heavy atom. The zero-order valence-corrected chi connectivity index (χ0v) is 17.0. The van der Waals surface area contributed by atoms with Crippen LogP contribution in [0.2, 0.25) is 0 Å². The normalized spacial score (nSPS) is 19.0. The van der Waals surface area contributed by atoms with Crippen LogP contribution in [0, 0.1) is 0 Å². The van der Waals surface area contributed by atoms with Gasteiger partial charge >= 0.3 is 0 Å². The molecule has 7 nitrogen and oxygen atoms in total. The van der Waals surface area contributed by atoms with Crippen LogP contribution < -0.4 is 18.9 Å². The van der Waals surface area contributed by atoms with Gasteiger partial charge in [-0.1, -0.05) is 6.07 Å². The molecule has 0 bridgehead atoms. The fourth-order valence-corrected chi connectivity index (χ4v) is 4.63. The van der Waals surface area contributed by atoms with Crippen LogP contribution in [0.5, 0.6) is 17.2 Å². The number of hydrogen-bond donors (Lipinski definition) is 2. The third-order valence-corrected chi connectivity index (χ3v) is 6.47. The quantitative estimate of drug-likeness (QED) is 0.731. The Morgan fingerprint density at radius 1 is 1.04 bits per heavy atom. The molecule has 0 unspecified atom stereocenters. The lowest BCUT2D eigenvalue weighted by atomic mass is 9.79. The standard InChI is InChI=1S/C20H25NO6S/c1-25-15-6-8-17-14(11-15)5-4-10-20(17,22)13-21-28(23,24)16-7-9-18(26-2)19(12-16)27-3/h6-9,11-12,21-22H,4-5,10,13H2,1-3H3/t20-/m0/s1. The van der Waals surface area contributed by atoms with Gasteiger partial charge in [-0.05, 0) is 54.7 Å². The molecule has 0 aromatic heterocycles. The molecule has 2 N–H and O–H groups in total. The lowest BCUT2D eigenvalue weighted by Gasteiger charge is -2.34. The first-order valence-electron chi connectivity index (χ1n) is 8.94. The van der Waals surface area contributed by atoms with Crippen molar-refractivity contribution in [2.45, 2.75) is 29.8 Å². The molecule has 2 aromatic carbocycles. The smallest absolute Gasteiger partial charge is 0.240 e. The first kappa shape index (κ1) is 20.4. The minimum atomic E-state index is -3.84. The van der Waals surface area contributed by atoms with Crippen LogP contribution in [0.3, 0.4) is 0 Å². The van der Waals surface area contributed by atoms with Gasteiger partial charge in [0.25, 0.3) is 0 Å². The van der Waals surface area contributed by atoms with Crippen molar-refractivity contribution in [3.8, 4) is 17.2 Å². The van der Waals surface area contributed by atoms with E-state index in [0.29, 0.717) is 23.7 Å². The van der Waals surface area contributed by atoms with Crippen LogP contribution in [0.1, 0.15) is 24.0 Å². The largest absolute Gasteiger partial charge is 0.497 e. The summed E-state index contributed by atoms with van der Waals surface area (Å²) in [5.74, 6) is 1.48. The van der Waals surface area contributed by atoms with Crippen molar-refractivity contribution in [3.05, 3.63) is 47.5 Å². The van der Waals surface area contributed by atoms with E-state index in [0.717, 1.165) is 24.0 Å². The third-order valence-electron chi connectivity index (χ3n) is 5.07. The Kier molecular flexibility index (Phi) is 5.83. The Bertz CT molecular complexity index is 959. The maximum Gasteiger partial charge on any atom is 0.240 e. The van der Waals surface area contributed by atoms with Crippen LogP contribution in [0.4, 0.5) is 0 Å². The predicted molar refractivity (Wildman–Crippen MR) is 105 cm³/mol. The zero-order valence-electron chi connectivity index (χ0n) is 16.2. The van der Waals surface area contributed by atoms with Gasteiger partial charge in [0.2, 0.25) is 10.0 Å². The lowest BCUT2D eigenvalue weighted by molar-refractivity contribution is 0.0242. The van der Waals surface area contributed by atoms with Gasteiger partial charge in [0.05, 0.1) is 26.2 Å². The van der Waals surface area contributed by atoms with E-state index in [2.05, 4.69) is 4.72 Å². The molecule has 2 aromatic rings. The van der Waals surface area contributed by atoms with Gasteiger partial charge < -0.3 is 19.3 Å². The fraction of sp³-hybridized carbons (Fsp3) is 0.400. The summed E-state index contributed by atoms with van der Waals surface area (Å²) in [5.41, 5.74) is 0.428. The highest BCUT2D eigenvalue weighted by molar-refractivity contribution is 7.89. The summed E-state index contributed by atoms with van der Waals surface area (Å²) >= 11 is 0. The van der Waals surface area contributed by atoms with Crippen LogP contribution in [0.15, 0.2) is 41.3 Å². The molecule has 3 rings (SSSR count). The van der Waals surface area contributed by atoms with E-state index in [1.54, 1.807) is 19.2 Å². The number of nitrogens with one attached hydrogen (secondary N) is 1. The maximum absolute atomic E-state index is 12.8.